The predicted octanol–water partition coefficient (Wildman–Crippen LogP) is 1.89. The van der Waals surface area contributed by atoms with Crippen molar-refractivity contribution in [1.29, 1.82) is 0 Å². The van der Waals surface area contributed by atoms with Gasteiger partial charge in [0, 0.05) is 18.1 Å². The van der Waals surface area contributed by atoms with Gasteiger partial charge in [0.1, 0.15) is 11.8 Å². The van der Waals surface area contributed by atoms with E-state index in [1.165, 1.54) is 0 Å². The lowest BCUT2D eigenvalue weighted by atomic mass is 10.2. The molecule has 1 unspecified atom stereocenters. The van der Waals surface area contributed by atoms with Crippen LogP contribution in [0.1, 0.15) is 6.42 Å². The average molecular weight is 300 g/mol. The van der Waals surface area contributed by atoms with Crippen molar-refractivity contribution in [2.24, 2.45) is 0 Å². The number of carboxylic acids is 1. The quantitative estimate of drug-likeness (QED) is 0.813. The van der Waals surface area contributed by atoms with Crippen LogP contribution in [0, 0.1) is 0 Å². The Labute approximate surface area is 123 Å². The third-order valence-corrected chi connectivity index (χ3v) is 3.45. The maximum absolute atomic E-state index is 11.1. The Hall–Kier alpha value is -1.30. The van der Waals surface area contributed by atoms with E-state index in [0.717, 1.165) is 12.2 Å². The van der Waals surface area contributed by atoms with E-state index in [4.69, 9.17) is 26.2 Å². The van der Waals surface area contributed by atoms with Crippen molar-refractivity contribution >= 4 is 17.6 Å². The van der Waals surface area contributed by atoms with Crippen LogP contribution in [-0.4, -0.2) is 54.9 Å². The van der Waals surface area contributed by atoms with Gasteiger partial charge in [-0.2, -0.15) is 0 Å². The van der Waals surface area contributed by atoms with Crippen LogP contribution in [0.2, 0.25) is 5.02 Å². The van der Waals surface area contributed by atoms with Crippen molar-refractivity contribution in [3.05, 3.63) is 29.3 Å². The molecule has 1 heterocycles. The Morgan fingerprint density at radius 3 is 2.90 bits per heavy atom. The van der Waals surface area contributed by atoms with Gasteiger partial charge < -0.3 is 14.6 Å². The number of carboxylic acid groups (broad SMARTS) is 1. The molecular weight excluding hydrogens is 282 g/mol. The fourth-order valence-electron chi connectivity index (χ4n) is 2.12. The zero-order valence-electron chi connectivity index (χ0n) is 11.1. The van der Waals surface area contributed by atoms with Gasteiger partial charge in [-0.3, -0.25) is 9.69 Å². The molecule has 0 spiro atoms. The van der Waals surface area contributed by atoms with Gasteiger partial charge in [0.15, 0.2) is 0 Å². The largest absolute Gasteiger partial charge is 0.494 e. The number of ether oxygens (including phenoxy) is 2. The molecule has 1 aliphatic rings. The van der Waals surface area contributed by atoms with Gasteiger partial charge in [-0.15, -0.1) is 0 Å². The Morgan fingerprint density at radius 1 is 1.45 bits per heavy atom. The van der Waals surface area contributed by atoms with Gasteiger partial charge >= 0.3 is 5.97 Å². The Bertz CT molecular complexity index is 437. The van der Waals surface area contributed by atoms with Crippen LogP contribution < -0.4 is 4.74 Å². The van der Waals surface area contributed by atoms with Crippen LogP contribution in [0.4, 0.5) is 0 Å². The molecule has 1 aromatic rings. The van der Waals surface area contributed by atoms with Gasteiger partial charge in [-0.1, -0.05) is 11.6 Å². The highest BCUT2D eigenvalue weighted by Crippen LogP contribution is 2.16. The van der Waals surface area contributed by atoms with Crippen LogP contribution in [0.25, 0.3) is 0 Å². The predicted molar refractivity (Wildman–Crippen MR) is 75.4 cm³/mol. The average Bonchev–Trinajstić information content (AvgIpc) is 2.46. The first-order valence-electron chi connectivity index (χ1n) is 6.60. The van der Waals surface area contributed by atoms with Crippen molar-refractivity contribution in [3.63, 3.8) is 0 Å². The number of rotatable bonds is 6. The zero-order valence-corrected chi connectivity index (χ0v) is 11.9. The standard InChI is InChI=1S/C14H18ClNO4/c15-11-2-4-12(5-3-11)20-8-1-6-16-7-9-19-10-13(16)14(17)18/h2-5,13H,1,6-10H2,(H,17,18). The summed E-state index contributed by atoms with van der Waals surface area (Å²) in [6.07, 6.45) is 0.770. The van der Waals surface area contributed by atoms with Gasteiger partial charge in [-0.05, 0) is 30.7 Å². The monoisotopic (exact) mass is 299 g/mol. The summed E-state index contributed by atoms with van der Waals surface area (Å²) < 4.78 is 10.8. The first kappa shape index (κ1) is 15.1. The highest BCUT2D eigenvalue weighted by molar-refractivity contribution is 6.30. The second-order valence-electron chi connectivity index (χ2n) is 4.62. The van der Waals surface area contributed by atoms with Crippen molar-refractivity contribution in [1.82, 2.24) is 4.90 Å². The molecule has 20 heavy (non-hydrogen) atoms. The van der Waals surface area contributed by atoms with Gasteiger partial charge in [-0.25, -0.2) is 0 Å². The third-order valence-electron chi connectivity index (χ3n) is 3.20. The first-order chi connectivity index (χ1) is 9.66. The van der Waals surface area contributed by atoms with E-state index in [9.17, 15) is 4.79 Å². The molecule has 1 atom stereocenters. The summed E-state index contributed by atoms with van der Waals surface area (Å²) in [4.78, 5) is 13.0. The van der Waals surface area contributed by atoms with E-state index in [2.05, 4.69) is 0 Å². The Balaban J connectivity index is 1.72. The summed E-state index contributed by atoms with van der Waals surface area (Å²) in [6.45, 7) is 2.73. The number of aliphatic carboxylic acids is 1. The number of halogens is 1. The van der Waals surface area contributed by atoms with Gasteiger partial charge in [0.05, 0.1) is 19.8 Å². The molecule has 1 aromatic carbocycles. The van der Waals surface area contributed by atoms with Crippen LogP contribution >= 0.6 is 11.6 Å². The summed E-state index contributed by atoms with van der Waals surface area (Å²) >= 11 is 5.79. The number of hydrogen-bond donors (Lipinski definition) is 1. The number of morpholine rings is 1. The van der Waals surface area contributed by atoms with Crippen LogP contribution in [-0.2, 0) is 9.53 Å². The Kier molecular flexibility index (Phi) is 5.64. The molecule has 0 radical (unpaired) electrons. The molecule has 0 aliphatic carbocycles. The summed E-state index contributed by atoms with van der Waals surface area (Å²) in [5.41, 5.74) is 0. The molecule has 1 fully saturated rings. The summed E-state index contributed by atoms with van der Waals surface area (Å²) in [5.74, 6) is -0.0607. The smallest absolute Gasteiger partial charge is 0.323 e. The van der Waals surface area contributed by atoms with Crippen LogP contribution in [0.3, 0.4) is 0 Å². The Morgan fingerprint density at radius 2 is 2.20 bits per heavy atom. The van der Waals surface area contributed by atoms with Gasteiger partial charge in [0.25, 0.3) is 0 Å². The lowest BCUT2D eigenvalue weighted by Gasteiger charge is -2.32. The van der Waals surface area contributed by atoms with E-state index in [1.54, 1.807) is 12.1 Å². The highest BCUT2D eigenvalue weighted by atomic mass is 35.5. The fourth-order valence-corrected chi connectivity index (χ4v) is 2.25. The molecule has 1 saturated heterocycles. The third kappa shape index (κ3) is 4.37. The second kappa shape index (κ2) is 7.47. The molecule has 110 valence electrons. The summed E-state index contributed by atoms with van der Waals surface area (Å²) in [6, 6.07) is 6.65. The molecule has 6 heteroatoms. The molecule has 0 saturated carbocycles. The number of hydrogen-bond acceptors (Lipinski definition) is 4. The molecular formula is C14H18ClNO4. The fraction of sp³-hybridized carbons (Fsp3) is 0.500. The zero-order chi connectivity index (χ0) is 14.4. The maximum Gasteiger partial charge on any atom is 0.323 e. The van der Waals surface area contributed by atoms with Crippen LogP contribution in [0.15, 0.2) is 24.3 Å². The topological polar surface area (TPSA) is 59.0 Å². The minimum absolute atomic E-state index is 0.257. The molecule has 1 N–H and O–H groups in total. The summed E-state index contributed by atoms with van der Waals surface area (Å²) in [7, 11) is 0. The maximum atomic E-state index is 11.1. The lowest BCUT2D eigenvalue weighted by molar-refractivity contribution is -0.149. The van der Waals surface area contributed by atoms with E-state index in [-0.39, 0.29) is 6.61 Å². The van der Waals surface area contributed by atoms with Crippen molar-refractivity contribution in [3.8, 4) is 5.75 Å². The number of carbonyl (C=O) groups is 1. The molecule has 0 bridgehead atoms. The lowest BCUT2D eigenvalue weighted by Crippen LogP contribution is -2.50. The van der Waals surface area contributed by atoms with Crippen molar-refractivity contribution in [2.75, 3.05) is 32.9 Å². The van der Waals surface area contributed by atoms with E-state index >= 15 is 0 Å². The summed E-state index contributed by atoms with van der Waals surface area (Å²) in [5, 5.41) is 9.78. The SMILES string of the molecule is O=C(O)C1COCCN1CCCOc1ccc(Cl)cc1. The normalized spacial score (nSPS) is 19.8. The number of nitrogens with zero attached hydrogens (tertiary/aromatic N) is 1. The van der Waals surface area contributed by atoms with Crippen molar-refractivity contribution < 1.29 is 19.4 Å². The van der Waals surface area contributed by atoms with Gasteiger partial charge in [0.2, 0.25) is 0 Å². The van der Waals surface area contributed by atoms with Crippen molar-refractivity contribution in [2.45, 2.75) is 12.5 Å². The number of benzene rings is 1. The second-order valence-corrected chi connectivity index (χ2v) is 5.06. The first-order valence-corrected chi connectivity index (χ1v) is 6.97. The molecule has 0 aromatic heterocycles. The van der Waals surface area contributed by atoms with E-state index < -0.39 is 12.0 Å². The van der Waals surface area contributed by atoms with Crippen LogP contribution in [0.5, 0.6) is 5.75 Å². The van der Waals surface area contributed by atoms with E-state index in [1.807, 2.05) is 17.0 Å². The minimum Gasteiger partial charge on any atom is -0.494 e. The highest BCUT2D eigenvalue weighted by Gasteiger charge is 2.28. The molecule has 5 nitrogen and oxygen atoms in total. The minimum atomic E-state index is -0.830. The molecule has 2 rings (SSSR count). The molecule has 0 amide bonds. The van der Waals surface area contributed by atoms with E-state index in [0.29, 0.717) is 31.3 Å². The molecule has 1 aliphatic heterocycles.